The largest absolute Gasteiger partial charge is 0.452 e. The van der Waals surface area contributed by atoms with Gasteiger partial charge in [0.25, 0.3) is 23.6 Å². The number of anilines is 1. The van der Waals surface area contributed by atoms with Crippen molar-refractivity contribution < 1.29 is 28.7 Å². The van der Waals surface area contributed by atoms with Gasteiger partial charge in [0.2, 0.25) is 0 Å². The van der Waals surface area contributed by atoms with E-state index in [0.717, 1.165) is 22.7 Å². The molecule has 1 aromatic carbocycles. The molecular weight excluding hydrogens is 410 g/mol. The fourth-order valence-corrected chi connectivity index (χ4v) is 3.72. The van der Waals surface area contributed by atoms with E-state index in [2.05, 4.69) is 5.32 Å². The zero-order chi connectivity index (χ0) is 21.8. The van der Waals surface area contributed by atoms with Gasteiger partial charge in [0, 0.05) is 6.54 Å². The van der Waals surface area contributed by atoms with Crippen LogP contribution in [0.25, 0.3) is 0 Å². The van der Waals surface area contributed by atoms with E-state index in [1.807, 2.05) is 6.92 Å². The van der Waals surface area contributed by atoms with Crippen LogP contribution in [0.3, 0.4) is 0 Å². The summed E-state index contributed by atoms with van der Waals surface area (Å²) >= 11 is 1.11. The number of imide groups is 1. The van der Waals surface area contributed by atoms with E-state index >= 15 is 0 Å². The molecule has 0 unspecified atom stereocenters. The molecule has 0 fully saturated rings. The Labute approximate surface area is 175 Å². The Morgan fingerprint density at radius 1 is 1.13 bits per heavy atom. The van der Waals surface area contributed by atoms with Crippen LogP contribution in [0.15, 0.2) is 29.6 Å². The van der Waals surface area contributed by atoms with E-state index in [4.69, 9.17) is 10.5 Å². The molecule has 0 radical (unpaired) electrons. The Morgan fingerprint density at radius 3 is 2.57 bits per heavy atom. The number of primary amides is 1. The predicted molar refractivity (Wildman–Crippen MR) is 108 cm³/mol. The first-order valence-corrected chi connectivity index (χ1v) is 10.1. The molecule has 0 aliphatic carbocycles. The molecule has 0 spiro atoms. The maximum atomic E-state index is 12.5. The van der Waals surface area contributed by atoms with Crippen molar-refractivity contribution in [2.45, 2.75) is 19.8 Å². The zero-order valence-corrected chi connectivity index (χ0v) is 16.9. The van der Waals surface area contributed by atoms with Crippen LogP contribution in [0.1, 0.15) is 61.2 Å². The number of esters is 1. The summed E-state index contributed by atoms with van der Waals surface area (Å²) < 4.78 is 4.98. The Balaban J connectivity index is 1.63. The highest BCUT2D eigenvalue weighted by Gasteiger charge is 2.35. The molecule has 0 saturated heterocycles. The van der Waals surface area contributed by atoms with Gasteiger partial charge in [-0.05, 0) is 36.1 Å². The molecule has 0 bridgehead atoms. The van der Waals surface area contributed by atoms with Gasteiger partial charge in [0.05, 0.1) is 22.3 Å². The van der Waals surface area contributed by atoms with Crippen molar-refractivity contribution in [1.29, 1.82) is 0 Å². The van der Waals surface area contributed by atoms with Gasteiger partial charge >= 0.3 is 5.97 Å². The molecule has 30 heavy (non-hydrogen) atoms. The average molecular weight is 429 g/mol. The van der Waals surface area contributed by atoms with E-state index in [9.17, 15) is 24.0 Å². The lowest BCUT2D eigenvalue weighted by atomic mass is 10.1. The van der Waals surface area contributed by atoms with Crippen molar-refractivity contribution in [3.05, 3.63) is 51.9 Å². The number of rotatable bonds is 8. The van der Waals surface area contributed by atoms with Gasteiger partial charge in [0.1, 0.15) is 5.00 Å². The quantitative estimate of drug-likeness (QED) is 0.487. The number of ether oxygens (including phenoxy) is 1. The number of fused-ring (bicyclic) bond motifs is 1. The highest BCUT2D eigenvalue weighted by molar-refractivity contribution is 7.14. The number of nitrogens with two attached hydrogens (primary N) is 1. The van der Waals surface area contributed by atoms with Gasteiger partial charge in [-0.25, -0.2) is 4.79 Å². The SMILES string of the molecule is CCCCN1C(=O)c2ccc(C(=O)OCC(=O)Nc3sccc3C(N)=O)cc2C1=O. The molecular formula is C20H19N3O6S. The van der Waals surface area contributed by atoms with E-state index < -0.39 is 30.3 Å². The number of benzene rings is 1. The highest BCUT2D eigenvalue weighted by Crippen LogP contribution is 2.25. The Morgan fingerprint density at radius 2 is 1.87 bits per heavy atom. The molecule has 156 valence electrons. The lowest BCUT2D eigenvalue weighted by Gasteiger charge is -2.12. The summed E-state index contributed by atoms with van der Waals surface area (Å²) in [6.45, 7) is 1.68. The minimum atomic E-state index is -0.818. The third kappa shape index (κ3) is 4.23. The number of hydrogen-bond donors (Lipinski definition) is 2. The van der Waals surface area contributed by atoms with Crippen LogP contribution in [-0.4, -0.2) is 47.6 Å². The zero-order valence-electron chi connectivity index (χ0n) is 16.1. The van der Waals surface area contributed by atoms with Gasteiger partial charge in [-0.3, -0.25) is 24.1 Å². The van der Waals surface area contributed by atoms with Crippen molar-refractivity contribution >= 4 is 45.9 Å². The number of carbonyl (C=O) groups is 5. The van der Waals surface area contributed by atoms with Crippen LogP contribution in [-0.2, 0) is 9.53 Å². The second-order valence-corrected chi connectivity index (χ2v) is 7.44. The molecule has 1 aliphatic heterocycles. The summed E-state index contributed by atoms with van der Waals surface area (Å²) in [5.41, 5.74) is 5.80. The number of amides is 4. The van der Waals surface area contributed by atoms with Crippen LogP contribution in [0, 0.1) is 0 Å². The molecule has 1 aromatic heterocycles. The maximum absolute atomic E-state index is 12.5. The summed E-state index contributed by atoms with van der Waals surface area (Å²) in [7, 11) is 0. The lowest BCUT2D eigenvalue weighted by molar-refractivity contribution is -0.119. The van der Waals surface area contributed by atoms with Gasteiger partial charge in [-0.15, -0.1) is 11.3 Å². The Bertz CT molecular complexity index is 1040. The molecule has 0 saturated carbocycles. The van der Waals surface area contributed by atoms with Gasteiger partial charge < -0.3 is 15.8 Å². The molecule has 1 aliphatic rings. The van der Waals surface area contributed by atoms with E-state index in [1.165, 1.54) is 24.3 Å². The standard InChI is InChI=1S/C20H19N3O6S/c1-2-3-7-23-18(26)12-5-4-11(9-14(12)19(23)27)20(28)29-10-15(24)22-17-13(16(21)25)6-8-30-17/h4-6,8-9H,2-3,7,10H2,1H3,(H2,21,25)(H,22,24). The number of thiophene rings is 1. The van der Waals surface area contributed by atoms with Gasteiger partial charge in [-0.1, -0.05) is 13.3 Å². The van der Waals surface area contributed by atoms with E-state index in [-0.39, 0.29) is 33.2 Å². The number of nitrogens with zero attached hydrogens (tertiary/aromatic N) is 1. The van der Waals surface area contributed by atoms with Gasteiger partial charge in [0.15, 0.2) is 6.61 Å². The summed E-state index contributed by atoms with van der Waals surface area (Å²) in [6, 6.07) is 5.55. The summed E-state index contributed by atoms with van der Waals surface area (Å²) in [4.78, 5) is 61.5. The second-order valence-electron chi connectivity index (χ2n) is 6.53. The predicted octanol–water partition coefficient (Wildman–Crippen LogP) is 2.04. The molecule has 9 nitrogen and oxygen atoms in total. The van der Waals surface area contributed by atoms with Crippen molar-refractivity contribution in [2.24, 2.45) is 5.73 Å². The fraction of sp³-hybridized carbons (Fsp3) is 0.250. The van der Waals surface area contributed by atoms with Crippen LogP contribution in [0.4, 0.5) is 5.00 Å². The highest BCUT2D eigenvalue weighted by atomic mass is 32.1. The number of unbranched alkanes of at least 4 members (excludes halogenated alkanes) is 1. The molecule has 0 atom stereocenters. The smallest absolute Gasteiger partial charge is 0.338 e. The first-order valence-electron chi connectivity index (χ1n) is 9.18. The molecule has 3 N–H and O–H groups in total. The van der Waals surface area contributed by atoms with Crippen LogP contribution in [0.2, 0.25) is 0 Å². The van der Waals surface area contributed by atoms with Crippen molar-refractivity contribution in [3.63, 3.8) is 0 Å². The van der Waals surface area contributed by atoms with Crippen molar-refractivity contribution in [3.8, 4) is 0 Å². The van der Waals surface area contributed by atoms with Gasteiger partial charge in [-0.2, -0.15) is 0 Å². The van der Waals surface area contributed by atoms with Crippen molar-refractivity contribution in [1.82, 2.24) is 4.90 Å². The Hall–Kier alpha value is -3.53. The molecule has 10 heteroatoms. The van der Waals surface area contributed by atoms with Crippen molar-refractivity contribution in [2.75, 3.05) is 18.5 Å². The second kappa shape index (κ2) is 8.87. The molecule has 2 aromatic rings. The third-order valence-electron chi connectivity index (χ3n) is 4.46. The van der Waals surface area contributed by atoms with Crippen LogP contribution >= 0.6 is 11.3 Å². The van der Waals surface area contributed by atoms with Crippen LogP contribution < -0.4 is 11.1 Å². The first-order chi connectivity index (χ1) is 14.3. The lowest BCUT2D eigenvalue weighted by Crippen LogP contribution is -2.30. The normalized spacial score (nSPS) is 12.6. The fourth-order valence-electron chi connectivity index (χ4n) is 2.91. The number of carbonyl (C=O) groups excluding carboxylic acids is 5. The molecule has 2 heterocycles. The monoisotopic (exact) mass is 429 g/mol. The minimum Gasteiger partial charge on any atom is -0.452 e. The average Bonchev–Trinajstić information content (AvgIpc) is 3.28. The summed E-state index contributed by atoms with van der Waals surface area (Å²) in [5, 5.41) is 4.31. The summed E-state index contributed by atoms with van der Waals surface area (Å²) in [6.07, 6.45) is 1.52. The number of nitrogens with one attached hydrogen (secondary N) is 1. The topological polar surface area (TPSA) is 136 Å². The Kier molecular flexibility index (Phi) is 6.26. The van der Waals surface area contributed by atoms with E-state index in [1.54, 1.807) is 5.38 Å². The minimum absolute atomic E-state index is 0.0500. The number of hydrogen-bond acceptors (Lipinski definition) is 7. The molecule has 3 rings (SSSR count). The van der Waals surface area contributed by atoms with E-state index in [0.29, 0.717) is 13.0 Å². The maximum Gasteiger partial charge on any atom is 0.338 e. The van der Waals surface area contributed by atoms with Crippen LogP contribution in [0.5, 0.6) is 0 Å². The summed E-state index contributed by atoms with van der Waals surface area (Å²) in [5.74, 6) is -2.99. The third-order valence-corrected chi connectivity index (χ3v) is 5.29. The molecule has 4 amide bonds. The first kappa shape index (κ1) is 21.2.